The van der Waals surface area contributed by atoms with Crippen molar-refractivity contribution in [1.82, 2.24) is 9.78 Å². The van der Waals surface area contributed by atoms with Crippen LogP contribution in [-0.4, -0.2) is 9.78 Å². The first-order chi connectivity index (χ1) is 5.77. The molecule has 0 aliphatic rings. The zero-order valence-electron chi connectivity index (χ0n) is 7.76. The van der Waals surface area contributed by atoms with Crippen molar-refractivity contribution in [2.75, 3.05) is 0 Å². The second kappa shape index (κ2) is 4.14. The summed E-state index contributed by atoms with van der Waals surface area (Å²) in [6.45, 7) is 4.96. The van der Waals surface area contributed by atoms with E-state index in [-0.39, 0.29) is 5.56 Å². The topological polar surface area (TPSA) is 37.8 Å². The molecule has 1 aromatic heterocycles. The Hall–Kier alpha value is -0.990. The molecule has 68 valence electrons. The van der Waals surface area contributed by atoms with Gasteiger partial charge in [0.15, 0.2) is 0 Å². The summed E-state index contributed by atoms with van der Waals surface area (Å²) in [5.41, 5.74) is 1.15. The summed E-state index contributed by atoms with van der Waals surface area (Å²) in [5.74, 6) is 0. The molecule has 0 aliphatic carbocycles. The average Bonchev–Trinajstić information content (AvgIpc) is 2.34. The maximum atomic E-state index is 11.2. The van der Waals surface area contributed by atoms with Crippen molar-refractivity contribution >= 4 is 0 Å². The Balaban J connectivity index is 2.78. The van der Waals surface area contributed by atoms with Crippen molar-refractivity contribution in [2.24, 2.45) is 0 Å². The summed E-state index contributed by atoms with van der Waals surface area (Å²) in [5, 5.41) is 3.09. The molecule has 0 radical (unpaired) electrons. The summed E-state index contributed by atoms with van der Waals surface area (Å²) in [4.78, 5) is 11.2. The van der Waals surface area contributed by atoms with Gasteiger partial charge in [-0.15, -0.1) is 0 Å². The Morgan fingerprint density at radius 3 is 2.75 bits per heavy atom. The van der Waals surface area contributed by atoms with E-state index in [1.807, 2.05) is 0 Å². The summed E-state index contributed by atoms with van der Waals surface area (Å²) in [6, 6.07) is 1.69. The van der Waals surface area contributed by atoms with Crippen molar-refractivity contribution in [3.05, 3.63) is 22.1 Å². The van der Waals surface area contributed by atoms with E-state index in [1.165, 1.54) is 0 Å². The van der Waals surface area contributed by atoms with E-state index in [4.69, 9.17) is 0 Å². The monoisotopic (exact) mass is 168 g/mol. The Bertz CT molecular complexity index is 285. The molecule has 12 heavy (non-hydrogen) atoms. The van der Waals surface area contributed by atoms with Crippen LogP contribution in [-0.2, 0) is 13.0 Å². The molecule has 0 aromatic carbocycles. The molecule has 0 fully saturated rings. The van der Waals surface area contributed by atoms with Crippen LogP contribution >= 0.6 is 0 Å². The summed E-state index contributed by atoms with van der Waals surface area (Å²) in [7, 11) is 0. The van der Waals surface area contributed by atoms with Crippen molar-refractivity contribution in [3.8, 4) is 0 Å². The number of hydrogen-bond donors (Lipinski definition) is 1. The smallest absolute Gasteiger partial charge is 0.266 e. The SMILES string of the molecule is CCCc1cc(=O)n(CCC)[nH]1. The van der Waals surface area contributed by atoms with Gasteiger partial charge in [-0.2, -0.15) is 0 Å². The van der Waals surface area contributed by atoms with E-state index in [9.17, 15) is 4.79 Å². The first-order valence-electron chi connectivity index (χ1n) is 4.56. The Labute approximate surface area is 72.4 Å². The molecule has 0 aliphatic heterocycles. The van der Waals surface area contributed by atoms with Gasteiger partial charge in [0.1, 0.15) is 0 Å². The summed E-state index contributed by atoms with van der Waals surface area (Å²) >= 11 is 0. The predicted molar refractivity (Wildman–Crippen MR) is 49.3 cm³/mol. The zero-order chi connectivity index (χ0) is 8.97. The number of H-pyrrole nitrogens is 1. The van der Waals surface area contributed by atoms with Crippen LogP contribution in [0, 0.1) is 0 Å². The van der Waals surface area contributed by atoms with Gasteiger partial charge in [0.25, 0.3) is 5.56 Å². The van der Waals surface area contributed by atoms with Gasteiger partial charge in [-0.1, -0.05) is 20.3 Å². The van der Waals surface area contributed by atoms with Crippen LogP contribution in [0.3, 0.4) is 0 Å². The fraction of sp³-hybridized carbons (Fsp3) is 0.667. The minimum Gasteiger partial charge on any atom is -0.300 e. The highest BCUT2D eigenvalue weighted by atomic mass is 16.1. The number of hydrogen-bond acceptors (Lipinski definition) is 1. The third-order valence-corrected chi connectivity index (χ3v) is 1.81. The molecule has 1 aromatic rings. The fourth-order valence-corrected chi connectivity index (χ4v) is 1.27. The predicted octanol–water partition coefficient (Wildman–Crippen LogP) is 1.54. The van der Waals surface area contributed by atoms with Crippen molar-refractivity contribution in [2.45, 2.75) is 39.7 Å². The van der Waals surface area contributed by atoms with Crippen LogP contribution in [0.5, 0.6) is 0 Å². The molecule has 1 rings (SSSR count). The number of nitrogens with zero attached hydrogens (tertiary/aromatic N) is 1. The molecule has 3 heteroatoms. The minimum absolute atomic E-state index is 0.0975. The van der Waals surface area contributed by atoms with Crippen molar-refractivity contribution in [3.63, 3.8) is 0 Å². The number of rotatable bonds is 4. The highest BCUT2D eigenvalue weighted by molar-refractivity contribution is 4.99. The van der Waals surface area contributed by atoms with Gasteiger partial charge in [0, 0.05) is 18.3 Å². The molecule has 0 saturated heterocycles. The molecule has 0 unspecified atom stereocenters. The van der Waals surface area contributed by atoms with Gasteiger partial charge < -0.3 is 0 Å². The Morgan fingerprint density at radius 2 is 2.17 bits per heavy atom. The van der Waals surface area contributed by atoms with Crippen LogP contribution < -0.4 is 5.56 Å². The summed E-state index contributed by atoms with van der Waals surface area (Å²) in [6.07, 6.45) is 3.03. The zero-order valence-corrected chi connectivity index (χ0v) is 7.76. The molecule has 1 heterocycles. The lowest BCUT2D eigenvalue weighted by molar-refractivity contribution is 0.577. The van der Waals surface area contributed by atoms with Gasteiger partial charge in [-0.25, -0.2) is 0 Å². The lowest BCUT2D eigenvalue weighted by Crippen LogP contribution is -2.15. The van der Waals surface area contributed by atoms with E-state index < -0.39 is 0 Å². The second-order valence-corrected chi connectivity index (χ2v) is 3.02. The quantitative estimate of drug-likeness (QED) is 0.727. The van der Waals surface area contributed by atoms with E-state index >= 15 is 0 Å². The maximum Gasteiger partial charge on any atom is 0.266 e. The average molecular weight is 168 g/mol. The van der Waals surface area contributed by atoms with E-state index in [2.05, 4.69) is 18.9 Å². The van der Waals surface area contributed by atoms with Crippen LogP contribution in [0.1, 0.15) is 32.4 Å². The third-order valence-electron chi connectivity index (χ3n) is 1.81. The van der Waals surface area contributed by atoms with Gasteiger partial charge in [0.05, 0.1) is 0 Å². The van der Waals surface area contributed by atoms with Crippen LogP contribution in [0.2, 0.25) is 0 Å². The number of aryl methyl sites for hydroxylation is 2. The first-order valence-corrected chi connectivity index (χ1v) is 4.56. The molecule has 0 atom stereocenters. The second-order valence-electron chi connectivity index (χ2n) is 3.02. The molecule has 0 amide bonds. The number of nitrogens with one attached hydrogen (secondary N) is 1. The highest BCUT2D eigenvalue weighted by Crippen LogP contribution is 1.95. The Kier molecular flexibility index (Phi) is 3.14. The van der Waals surface area contributed by atoms with E-state index in [0.717, 1.165) is 31.5 Å². The van der Waals surface area contributed by atoms with Gasteiger partial charge in [0.2, 0.25) is 0 Å². The third kappa shape index (κ3) is 2.00. The van der Waals surface area contributed by atoms with Gasteiger partial charge >= 0.3 is 0 Å². The lowest BCUT2D eigenvalue weighted by Gasteiger charge is -1.97. The van der Waals surface area contributed by atoms with Crippen molar-refractivity contribution < 1.29 is 0 Å². The highest BCUT2D eigenvalue weighted by Gasteiger charge is 1.99. The van der Waals surface area contributed by atoms with Crippen molar-refractivity contribution in [1.29, 1.82) is 0 Å². The maximum absolute atomic E-state index is 11.2. The number of aromatic nitrogens is 2. The first kappa shape index (κ1) is 9.10. The molecule has 3 nitrogen and oxygen atoms in total. The molecular formula is C9H16N2O. The van der Waals surface area contributed by atoms with Crippen LogP contribution in [0.4, 0.5) is 0 Å². The molecular weight excluding hydrogens is 152 g/mol. The minimum atomic E-state index is 0.0975. The lowest BCUT2D eigenvalue weighted by atomic mass is 10.3. The normalized spacial score (nSPS) is 10.5. The molecule has 0 bridgehead atoms. The number of aromatic amines is 1. The van der Waals surface area contributed by atoms with Gasteiger partial charge in [-0.3, -0.25) is 14.6 Å². The summed E-state index contributed by atoms with van der Waals surface area (Å²) < 4.78 is 1.67. The van der Waals surface area contributed by atoms with E-state index in [1.54, 1.807) is 10.7 Å². The molecule has 0 spiro atoms. The van der Waals surface area contributed by atoms with E-state index in [0.29, 0.717) is 0 Å². The molecule has 1 N–H and O–H groups in total. The standard InChI is InChI=1S/C9H16N2O/c1-3-5-8-7-9(12)11(10-8)6-4-2/h7,10H,3-6H2,1-2H3. The fourth-order valence-electron chi connectivity index (χ4n) is 1.27. The largest absolute Gasteiger partial charge is 0.300 e. The molecule has 0 saturated carbocycles. The van der Waals surface area contributed by atoms with Gasteiger partial charge in [-0.05, 0) is 12.8 Å². The van der Waals surface area contributed by atoms with Crippen LogP contribution in [0.25, 0.3) is 0 Å². The Morgan fingerprint density at radius 1 is 1.42 bits per heavy atom. The van der Waals surface area contributed by atoms with Crippen LogP contribution in [0.15, 0.2) is 10.9 Å².